The first kappa shape index (κ1) is 13.8. The minimum Gasteiger partial charge on any atom is -0.481 e. The van der Waals surface area contributed by atoms with Gasteiger partial charge in [-0.2, -0.15) is 0 Å². The summed E-state index contributed by atoms with van der Waals surface area (Å²) in [6.45, 7) is 9.31. The van der Waals surface area contributed by atoms with E-state index < -0.39 is 12.0 Å². The molecule has 0 saturated heterocycles. The van der Waals surface area contributed by atoms with E-state index in [1.165, 1.54) is 0 Å². The van der Waals surface area contributed by atoms with Crippen LogP contribution in [0.3, 0.4) is 0 Å². The summed E-state index contributed by atoms with van der Waals surface area (Å²) >= 11 is 0. The number of nitrogens with two attached hydrogens (primary N) is 1. The molecular formula is C11H19NO3. The summed E-state index contributed by atoms with van der Waals surface area (Å²) < 4.78 is 0. The van der Waals surface area contributed by atoms with E-state index in [9.17, 15) is 9.59 Å². The highest BCUT2D eigenvalue weighted by atomic mass is 16.4. The summed E-state index contributed by atoms with van der Waals surface area (Å²) in [6, 6.07) is -0.757. The molecule has 15 heavy (non-hydrogen) atoms. The lowest BCUT2D eigenvalue weighted by Crippen LogP contribution is -2.35. The summed E-state index contributed by atoms with van der Waals surface area (Å²) in [6.07, 6.45) is 0.0631. The average molecular weight is 213 g/mol. The van der Waals surface area contributed by atoms with Crippen molar-refractivity contribution in [2.45, 2.75) is 39.7 Å². The van der Waals surface area contributed by atoms with E-state index in [4.69, 9.17) is 10.8 Å². The number of hydrogen-bond acceptors (Lipinski definition) is 3. The lowest BCUT2D eigenvalue weighted by atomic mass is 9.82. The minimum atomic E-state index is -0.945. The molecule has 0 saturated carbocycles. The number of carbonyl (C=O) groups excluding carboxylic acids is 1. The molecule has 0 rings (SSSR count). The maximum absolute atomic E-state index is 11.7. The van der Waals surface area contributed by atoms with Crippen LogP contribution in [0.15, 0.2) is 12.2 Å². The fourth-order valence-corrected chi connectivity index (χ4v) is 1.00. The van der Waals surface area contributed by atoms with Gasteiger partial charge in [-0.05, 0) is 17.4 Å². The second-order valence-electron chi connectivity index (χ2n) is 4.63. The maximum atomic E-state index is 11.7. The van der Waals surface area contributed by atoms with Crippen LogP contribution < -0.4 is 5.73 Å². The molecule has 4 heteroatoms. The monoisotopic (exact) mass is 213 g/mol. The van der Waals surface area contributed by atoms with Gasteiger partial charge in [-0.15, -0.1) is 0 Å². The molecule has 0 aromatic rings. The summed E-state index contributed by atoms with van der Waals surface area (Å²) in [4.78, 5) is 22.0. The fraction of sp³-hybridized carbons (Fsp3) is 0.636. The predicted octanol–water partition coefficient (Wildman–Crippen LogP) is 1.35. The van der Waals surface area contributed by atoms with E-state index in [1.807, 2.05) is 20.8 Å². The first-order chi connectivity index (χ1) is 6.66. The van der Waals surface area contributed by atoms with Gasteiger partial charge in [0.1, 0.15) is 0 Å². The Morgan fingerprint density at radius 2 is 1.87 bits per heavy atom. The molecule has 0 aliphatic rings. The number of carboxylic acids is 1. The molecule has 0 radical (unpaired) electrons. The smallest absolute Gasteiger partial charge is 0.303 e. The zero-order valence-corrected chi connectivity index (χ0v) is 9.54. The van der Waals surface area contributed by atoms with Crippen LogP contribution in [-0.2, 0) is 9.59 Å². The first-order valence-electron chi connectivity index (χ1n) is 4.87. The molecule has 0 spiro atoms. The molecule has 0 aromatic heterocycles. The molecule has 0 fully saturated rings. The molecule has 0 amide bonds. The van der Waals surface area contributed by atoms with Gasteiger partial charge in [-0.1, -0.05) is 27.4 Å². The van der Waals surface area contributed by atoms with Gasteiger partial charge in [0.15, 0.2) is 5.78 Å². The van der Waals surface area contributed by atoms with Crippen LogP contribution in [0.25, 0.3) is 0 Å². The third-order valence-corrected chi connectivity index (χ3v) is 2.21. The Morgan fingerprint density at radius 1 is 1.40 bits per heavy atom. The van der Waals surface area contributed by atoms with Crippen LogP contribution in [0.1, 0.15) is 33.6 Å². The first-order valence-corrected chi connectivity index (χ1v) is 4.87. The molecule has 86 valence electrons. The highest BCUT2D eigenvalue weighted by Gasteiger charge is 2.25. The van der Waals surface area contributed by atoms with E-state index >= 15 is 0 Å². The zero-order valence-electron chi connectivity index (χ0n) is 9.54. The van der Waals surface area contributed by atoms with Gasteiger partial charge in [0.2, 0.25) is 0 Å². The van der Waals surface area contributed by atoms with Crippen molar-refractivity contribution in [1.29, 1.82) is 0 Å². The van der Waals surface area contributed by atoms with E-state index in [1.54, 1.807) is 0 Å². The Balaban J connectivity index is 4.33. The van der Waals surface area contributed by atoms with Crippen LogP contribution >= 0.6 is 0 Å². The topological polar surface area (TPSA) is 80.4 Å². The second-order valence-corrected chi connectivity index (χ2v) is 4.63. The molecule has 1 atom stereocenters. The number of rotatable bonds is 5. The minimum absolute atomic E-state index is 0.0929. The summed E-state index contributed by atoms with van der Waals surface area (Å²) in [5.74, 6) is -1.19. The van der Waals surface area contributed by atoms with E-state index in [-0.39, 0.29) is 24.0 Å². The Bertz CT molecular complexity index is 276. The molecular weight excluding hydrogens is 194 g/mol. The van der Waals surface area contributed by atoms with Gasteiger partial charge in [0.05, 0.1) is 6.04 Å². The number of Topliss-reactive ketones (excluding diaryl/α,β-unsaturated/α-hetero) is 1. The molecule has 0 heterocycles. The van der Waals surface area contributed by atoms with Crippen LogP contribution in [-0.4, -0.2) is 22.9 Å². The van der Waals surface area contributed by atoms with E-state index in [0.29, 0.717) is 5.57 Å². The Hall–Kier alpha value is -1.16. The van der Waals surface area contributed by atoms with E-state index in [2.05, 4.69) is 6.58 Å². The number of carboxylic acid groups (broad SMARTS) is 1. The van der Waals surface area contributed by atoms with Gasteiger partial charge >= 0.3 is 5.97 Å². The van der Waals surface area contributed by atoms with Crippen molar-refractivity contribution in [1.82, 2.24) is 0 Å². The van der Waals surface area contributed by atoms with Crippen molar-refractivity contribution in [3.63, 3.8) is 0 Å². The van der Waals surface area contributed by atoms with Crippen LogP contribution in [0.5, 0.6) is 0 Å². The van der Waals surface area contributed by atoms with Gasteiger partial charge < -0.3 is 10.8 Å². The quantitative estimate of drug-likeness (QED) is 0.675. The van der Waals surface area contributed by atoms with Gasteiger partial charge in [-0.3, -0.25) is 9.59 Å². The lowest BCUT2D eigenvalue weighted by Gasteiger charge is -2.22. The van der Waals surface area contributed by atoms with Crippen LogP contribution in [0.4, 0.5) is 0 Å². The Labute approximate surface area is 90.2 Å². The number of aliphatic carboxylic acids is 1. The van der Waals surface area contributed by atoms with E-state index in [0.717, 1.165) is 0 Å². The predicted molar refractivity (Wildman–Crippen MR) is 58.4 cm³/mol. The van der Waals surface area contributed by atoms with Crippen molar-refractivity contribution >= 4 is 11.8 Å². The zero-order chi connectivity index (χ0) is 12.2. The normalized spacial score (nSPS) is 13.3. The van der Waals surface area contributed by atoms with Crippen LogP contribution in [0.2, 0.25) is 0 Å². The van der Waals surface area contributed by atoms with Gasteiger partial charge in [0.25, 0.3) is 0 Å². The maximum Gasteiger partial charge on any atom is 0.303 e. The molecule has 0 unspecified atom stereocenters. The largest absolute Gasteiger partial charge is 0.481 e. The summed E-state index contributed by atoms with van der Waals surface area (Å²) in [5.41, 5.74) is 5.71. The van der Waals surface area contributed by atoms with Gasteiger partial charge in [0, 0.05) is 6.42 Å². The standard InChI is InChI=1S/C11H19NO3/c1-7(11(2,3)4)10(15)8(12)5-6-9(13)14/h8H,1,5-6,12H2,2-4H3,(H,13,14)/t8-/m0/s1. The number of hydrogen-bond donors (Lipinski definition) is 2. The highest BCUT2D eigenvalue weighted by molar-refractivity contribution is 5.99. The molecule has 0 bridgehead atoms. The molecule has 4 nitrogen and oxygen atoms in total. The van der Waals surface area contributed by atoms with Crippen molar-refractivity contribution in [3.8, 4) is 0 Å². The molecule has 0 aromatic carbocycles. The molecule has 0 aliphatic heterocycles. The second kappa shape index (κ2) is 5.07. The number of ketones is 1. The molecule has 0 aliphatic carbocycles. The fourth-order valence-electron chi connectivity index (χ4n) is 1.00. The van der Waals surface area contributed by atoms with Crippen molar-refractivity contribution < 1.29 is 14.7 Å². The Morgan fingerprint density at radius 3 is 2.20 bits per heavy atom. The molecule has 3 N–H and O–H groups in total. The highest BCUT2D eigenvalue weighted by Crippen LogP contribution is 2.25. The average Bonchev–Trinajstić information content (AvgIpc) is 2.10. The van der Waals surface area contributed by atoms with Crippen molar-refractivity contribution in [2.24, 2.45) is 11.1 Å². The summed E-state index contributed by atoms with van der Waals surface area (Å²) in [7, 11) is 0. The lowest BCUT2D eigenvalue weighted by molar-refractivity contribution is -0.137. The van der Waals surface area contributed by atoms with Crippen molar-refractivity contribution in [3.05, 3.63) is 12.2 Å². The number of carbonyl (C=O) groups is 2. The summed E-state index contributed by atoms with van der Waals surface area (Å²) in [5, 5.41) is 8.45. The van der Waals surface area contributed by atoms with Crippen molar-refractivity contribution in [2.75, 3.05) is 0 Å². The third kappa shape index (κ3) is 4.74. The third-order valence-electron chi connectivity index (χ3n) is 2.21. The SMILES string of the molecule is C=C(C(=O)[C@@H](N)CCC(=O)O)C(C)(C)C. The van der Waals surface area contributed by atoms with Crippen LogP contribution in [0, 0.1) is 5.41 Å². The Kier molecular flexibility index (Phi) is 4.68. The van der Waals surface area contributed by atoms with Gasteiger partial charge in [-0.25, -0.2) is 0 Å².